The average Bonchev–Trinajstić information content (AvgIpc) is 2.60. The molecule has 148 valence electrons. The second kappa shape index (κ2) is 8.35. The summed E-state index contributed by atoms with van der Waals surface area (Å²) < 4.78 is 55.0. The summed E-state index contributed by atoms with van der Waals surface area (Å²) in [6, 6.07) is 4.46. The van der Waals surface area contributed by atoms with E-state index in [1.807, 2.05) is 0 Å². The van der Waals surface area contributed by atoms with Crippen molar-refractivity contribution in [1.29, 1.82) is 0 Å². The van der Waals surface area contributed by atoms with Crippen molar-refractivity contribution in [3.63, 3.8) is 0 Å². The molecular formula is C14H20O11S. The summed E-state index contributed by atoms with van der Waals surface area (Å²) >= 11 is 0. The fourth-order valence-corrected chi connectivity index (χ4v) is 2.63. The number of hydrogen-bond donors (Lipinski definition) is 4. The summed E-state index contributed by atoms with van der Waals surface area (Å²) in [6.07, 6.45) is -7.86. The number of methoxy groups -OCH3 is 2. The maximum Gasteiger partial charge on any atom is 0.397 e. The van der Waals surface area contributed by atoms with E-state index in [-0.39, 0.29) is 5.75 Å². The maximum atomic E-state index is 10.7. The lowest BCUT2D eigenvalue weighted by molar-refractivity contribution is -0.276. The van der Waals surface area contributed by atoms with Crippen LogP contribution in [0.4, 0.5) is 0 Å². The molecule has 1 heterocycles. The topological polar surface area (TPSA) is 161 Å². The van der Waals surface area contributed by atoms with E-state index in [2.05, 4.69) is 4.18 Å². The van der Waals surface area contributed by atoms with Crippen molar-refractivity contribution in [2.75, 3.05) is 20.8 Å². The highest BCUT2D eigenvalue weighted by Crippen LogP contribution is 2.32. The summed E-state index contributed by atoms with van der Waals surface area (Å²) in [6.45, 7) is -0.796. The molecule has 1 aromatic carbocycles. The van der Waals surface area contributed by atoms with Gasteiger partial charge in [0.2, 0.25) is 6.29 Å². The van der Waals surface area contributed by atoms with Gasteiger partial charge in [0.25, 0.3) is 0 Å². The van der Waals surface area contributed by atoms with Gasteiger partial charge >= 0.3 is 10.4 Å². The second-order valence-electron chi connectivity index (χ2n) is 5.36. The number of hydrogen-bond acceptors (Lipinski definition) is 10. The highest BCUT2D eigenvalue weighted by molar-refractivity contribution is 7.80. The van der Waals surface area contributed by atoms with Gasteiger partial charge in [-0.15, -0.1) is 0 Å². The van der Waals surface area contributed by atoms with Crippen LogP contribution < -0.4 is 14.2 Å². The molecule has 5 atom stereocenters. The van der Waals surface area contributed by atoms with Crippen LogP contribution in [-0.2, 0) is 19.3 Å². The molecule has 12 heteroatoms. The molecule has 0 radical (unpaired) electrons. The molecule has 2 rings (SSSR count). The molecule has 1 saturated heterocycles. The first kappa shape index (κ1) is 20.6. The summed E-state index contributed by atoms with van der Waals surface area (Å²) in [7, 11) is -1.92. The molecule has 4 N–H and O–H groups in total. The van der Waals surface area contributed by atoms with E-state index < -0.39 is 47.7 Å². The Balaban J connectivity index is 2.14. The maximum absolute atomic E-state index is 10.7. The highest BCUT2D eigenvalue weighted by Gasteiger charge is 2.45. The Hall–Kier alpha value is -1.67. The number of ether oxygens (including phenoxy) is 4. The lowest BCUT2D eigenvalue weighted by Gasteiger charge is -2.39. The minimum absolute atomic E-state index is 0.185. The van der Waals surface area contributed by atoms with Crippen LogP contribution >= 0.6 is 0 Å². The van der Waals surface area contributed by atoms with E-state index in [4.69, 9.17) is 23.5 Å². The largest absolute Gasteiger partial charge is 0.493 e. The molecule has 5 unspecified atom stereocenters. The monoisotopic (exact) mass is 396 g/mol. The van der Waals surface area contributed by atoms with E-state index in [0.29, 0.717) is 11.5 Å². The molecule has 1 aliphatic heterocycles. The van der Waals surface area contributed by atoms with Crippen LogP contribution in [-0.4, -0.2) is 79.8 Å². The fraction of sp³-hybridized carbons (Fsp3) is 0.571. The van der Waals surface area contributed by atoms with E-state index in [1.54, 1.807) is 0 Å². The third kappa shape index (κ3) is 4.94. The molecule has 0 spiro atoms. The minimum atomic E-state index is -4.78. The van der Waals surface area contributed by atoms with Crippen LogP contribution in [0.1, 0.15) is 0 Å². The fourth-order valence-electron chi connectivity index (χ4n) is 2.33. The van der Waals surface area contributed by atoms with E-state index in [1.165, 1.54) is 32.4 Å². The van der Waals surface area contributed by atoms with Gasteiger partial charge in [0.05, 0.1) is 20.8 Å². The van der Waals surface area contributed by atoms with Crippen molar-refractivity contribution >= 4 is 10.4 Å². The van der Waals surface area contributed by atoms with Gasteiger partial charge < -0.3 is 34.3 Å². The Morgan fingerprint density at radius 1 is 1.04 bits per heavy atom. The molecule has 11 nitrogen and oxygen atoms in total. The average molecular weight is 396 g/mol. The van der Waals surface area contributed by atoms with Gasteiger partial charge in [0.1, 0.15) is 30.2 Å². The van der Waals surface area contributed by atoms with Crippen LogP contribution in [0.5, 0.6) is 17.2 Å². The summed E-state index contributed by atoms with van der Waals surface area (Å²) in [5.41, 5.74) is 0. The van der Waals surface area contributed by atoms with Crippen molar-refractivity contribution < 1.29 is 51.4 Å². The number of benzene rings is 1. The molecule has 0 bridgehead atoms. The van der Waals surface area contributed by atoms with Gasteiger partial charge in [0, 0.05) is 6.07 Å². The van der Waals surface area contributed by atoms with Gasteiger partial charge in [-0.25, -0.2) is 4.18 Å². The van der Waals surface area contributed by atoms with Crippen molar-refractivity contribution in [2.24, 2.45) is 0 Å². The molecule has 1 fully saturated rings. The lowest BCUT2D eigenvalue weighted by atomic mass is 9.99. The Morgan fingerprint density at radius 2 is 1.69 bits per heavy atom. The Kier molecular flexibility index (Phi) is 6.63. The van der Waals surface area contributed by atoms with E-state index in [0.717, 1.165) is 0 Å². The SMILES string of the molecule is COc1ccc(OC2OC(COS(=O)(=O)O)C(O)C(O)C2O)cc1OC. The third-order valence-corrected chi connectivity index (χ3v) is 4.09. The molecule has 26 heavy (non-hydrogen) atoms. The van der Waals surface area contributed by atoms with Crippen LogP contribution in [0.3, 0.4) is 0 Å². The first-order valence-electron chi connectivity index (χ1n) is 7.36. The molecule has 0 aliphatic carbocycles. The van der Waals surface area contributed by atoms with Gasteiger partial charge in [-0.2, -0.15) is 8.42 Å². The zero-order valence-electron chi connectivity index (χ0n) is 13.9. The number of rotatable bonds is 7. The van der Waals surface area contributed by atoms with E-state index in [9.17, 15) is 23.7 Å². The van der Waals surface area contributed by atoms with Crippen molar-refractivity contribution in [3.8, 4) is 17.2 Å². The van der Waals surface area contributed by atoms with E-state index >= 15 is 0 Å². The van der Waals surface area contributed by atoms with Crippen LogP contribution in [0.25, 0.3) is 0 Å². The predicted molar refractivity (Wildman–Crippen MR) is 84.4 cm³/mol. The third-order valence-electron chi connectivity index (χ3n) is 3.66. The normalized spacial score (nSPS) is 29.2. The van der Waals surface area contributed by atoms with Crippen LogP contribution in [0.2, 0.25) is 0 Å². The molecule has 0 aromatic heterocycles. The van der Waals surface area contributed by atoms with Gasteiger partial charge in [-0.3, -0.25) is 4.55 Å². The number of aliphatic hydroxyl groups is 3. The summed E-state index contributed by atoms with van der Waals surface area (Å²) in [4.78, 5) is 0. The quantitative estimate of drug-likeness (QED) is 0.406. The standard InChI is InChI=1S/C14H20O11S/c1-21-8-4-3-7(5-9(8)22-2)24-14-13(17)12(16)11(15)10(25-14)6-23-26(18,19)20/h3-5,10-17H,6H2,1-2H3,(H,18,19,20). The Labute approximate surface area is 149 Å². The summed E-state index contributed by atoms with van der Waals surface area (Å²) in [5, 5.41) is 29.8. The Morgan fingerprint density at radius 3 is 2.27 bits per heavy atom. The zero-order chi connectivity index (χ0) is 19.5. The first-order chi connectivity index (χ1) is 12.2. The number of aliphatic hydroxyl groups excluding tert-OH is 3. The second-order valence-corrected chi connectivity index (χ2v) is 6.45. The molecule has 1 aromatic rings. The molecule has 0 amide bonds. The zero-order valence-corrected chi connectivity index (χ0v) is 14.7. The van der Waals surface area contributed by atoms with Crippen LogP contribution in [0, 0.1) is 0 Å². The van der Waals surface area contributed by atoms with Crippen molar-refractivity contribution in [3.05, 3.63) is 18.2 Å². The van der Waals surface area contributed by atoms with Crippen molar-refractivity contribution in [2.45, 2.75) is 30.7 Å². The summed E-state index contributed by atoms with van der Waals surface area (Å²) in [5.74, 6) is 0.951. The smallest absolute Gasteiger partial charge is 0.397 e. The minimum Gasteiger partial charge on any atom is -0.493 e. The lowest BCUT2D eigenvalue weighted by Crippen LogP contribution is -2.60. The first-order valence-corrected chi connectivity index (χ1v) is 8.73. The molecule has 0 saturated carbocycles. The Bertz CT molecular complexity index is 707. The predicted octanol–water partition coefficient (Wildman–Crippen LogP) is -1.29. The van der Waals surface area contributed by atoms with Crippen molar-refractivity contribution in [1.82, 2.24) is 0 Å². The molecular weight excluding hydrogens is 376 g/mol. The van der Waals surface area contributed by atoms with Gasteiger partial charge in [-0.1, -0.05) is 0 Å². The molecule has 1 aliphatic rings. The van der Waals surface area contributed by atoms with Gasteiger partial charge in [0.15, 0.2) is 11.5 Å². The van der Waals surface area contributed by atoms with Gasteiger partial charge in [-0.05, 0) is 12.1 Å². The van der Waals surface area contributed by atoms with Crippen LogP contribution in [0.15, 0.2) is 18.2 Å². The highest BCUT2D eigenvalue weighted by atomic mass is 32.3.